The highest BCUT2D eigenvalue weighted by Crippen LogP contribution is 2.44. The van der Waals surface area contributed by atoms with Crippen LogP contribution in [0, 0.1) is 5.82 Å². The highest BCUT2D eigenvalue weighted by molar-refractivity contribution is 6.01. The molecule has 3 aromatic carbocycles. The number of methoxy groups -OCH3 is 1. The van der Waals surface area contributed by atoms with Crippen molar-refractivity contribution in [2.75, 3.05) is 46.5 Å². The van der Waals surface area contributed by atoms with E-state index < -0.39 is 12.0 Å². The van der Waals surface area contributed by atoms with E-state index in [0.29, 0.717) is 17.9 Å². The number of carbonyl (C=O) groups is 2. The number of nitrogens with one attached hydrogen (secondary N) is 2. The van der Waals surface area contributed by atoms with Crippen LogP contribution in [0.15, 0.2) is 72.8 Å². The summed E-state index contributed by atoms with van der Waals surface area (Å²) in [6, 6.07) is 20.4. The topological polar surface area (TPSA) is 72.3 Å². The molecule has 39 heavy (non-hydrogen) atoms. The van der Waals surface area contributed by atoms with Crippen molar-refractivity contribution < 1.29 is 28.4 Å². The summed E-state index contributed by atoms with van der Waals surface area (Å²) < 4.78 is 24.4. The number of amides is 2. The quantitative estimate of drug-likeness (QED) is 0.416. The molecule has 1 saturated heterocycles. The second-order valence-electron chi connectivity index (χ2n) is 10.1. The molecule has 8 heteroatoms. The first-order valence-electron chi connectivity index (χ1n) is 13.5. The molecule has 2 heterocycles. The number of benzene rings is 3. The van der Waals surface area contributed by atoms with E-state index in [-0.39, 0.29) is 24.2 Å². The van der Waals surface area contributed by atoms with Crippen molar-refractivity contribution in [1.29, 1.82) is 0 Å². The van der Waals surface area contributed by atoms with Gasteiger partial charge in [-0.2, -0.15) is 0 Å². The molecule has 204 valence electrons. The van der Waals surface area contributed by atoms with E-state index in [4.69, 9.17) is 9.47 Å². The lowest BCUT2D eigenvalue weighted by atomic mass is 9.79. The largest absolute Gasteiger partial charge is 0.497 e. The first-order valence-corrected chi connectivity index (χ1v) is 13.5. The number of fused-ring (bicyclic) bond motifs is 1. The highest BCUT2D eigenvalue weighted by Gasteiger charge is 2.44. The van der Waals surface area contributed by atoms with Crippen molar-refractivity contribution in [3.05, 3.63) is 101 Å². The molecular weight excluding hydrogens is 497 g/mol. The van der Waals surface area contributed by atoms with Crippen molar-refractivity contribution in [1.82, 2.24) is 10.2 Å². The second kappa shape index (κ2) is 12.4. The van der Waals surface area contributed by atoms with Gasteiger partial charge in [-0.25, -0.2) is 4.39 Å². The lowest BCUT2D eigenvalue weighted by Crippen LogP contribution is -3.14. The molecular formula is C31H35FN3O4+. The molecule has 5 rings (SSSR count). The molecule has 0 bridgehead atoms. The average molecular weight is 533 g/mol. The lowest BCUT2D eigenvalue weighted by Gasteiger charge is -2.42. The fraction of sp³-hybridized carbons (Fsp3) is 0.355. The third-order valence-corrected chi connectivity index (χ3v) is 7.65. The molecule has 2 unspecified atom stereocenters. The minimum atomic E-state index is -0.608. The Labute approximate surface area is 228 Å². The standard InChI is InChI=1S/C31H34FN3O4/c1-38-25-13-9-23(10-14-25)29-28(30(36)33-15-4-16-34-17-19-39-20-18-34)26-5-2-3-6-27(26)31(37)35(29)21-22-7-11-24(32)12-8-22/h2-3,5-14,28-29H,4,15-21H2,1H3,(H,33,36)/p+1. The molecule has 0 aromatic heterocycles. The predicted molar refractivity (Wildman–Crippen MR) is 145 cm³/mol. The van der Waals surface area contributed by atoms with Gasteiger partial charge >= 0.3 is 0 Å². The van der Waals surface area contributed by atoms with Crippen LogP contribution in [0.5, 0.6) is 5.75 Å². The van der Waals surface area contributed by atoms with Crippen LogP contribution in [0.25, 0.3) is 0 Å². The van der Waals surface area contributed by atoms with E-state index in [0.717, 1.165) is 56.0 Å². The van der Waals surface area contributed by atoms with Crippen molar-refractivity contribution >= 4 is 11.8 Å². The van der Waals surface area contributed by atoms with Crippen LogP contribution in [-0.4, -0.2) is 63.2 Å². The van der Waals surface area contributed by atoms with Crippen molar-refractivity contribution in [2.24, 2.45) is 0 Å². The van der Waals surface area contributed by atoms with Crippen LogP contribution in [0.1, 0.15) is 45.4 Å². The van der Waals surface area contributed by atoms with Crippen LogP contribution in [0.2, 0.25) is 0 Å². The van der Waals surface area contributed by atoms with Crippen molar-refractivity contribution in [3.63, 3.8) is 0 Å². The number of hydrogen-bond donors (Lipinski definition) is 2. The summed E-state index contributed by atoms with van der Waals surface area (Å²) in [5.74, 6) is -0.522. The maximum atomic E-state index is 13.9. The SMILES string of the molecule is COc1ccc(C2C(C(=O)NCCC[NH+]3CCOCC3)c3ccccc3C(=O)N2Cc2ccc(F)cc2)cc1. The van der Waals surface area contributed by atoms with Gasteiger partial charge < -0.3 is 24.6 Å². The molecule has 2 aliphatic rings. The second-order valence-corrected chi connectivity index (χ2v) is 10.1. The molecule has 0 aliphatic carbocycles. The number of rotatable bonds is 9. The molecule has 2 N–H and O–H groups in total. The average Bonchev–Trinajstić information content (AvgIpc) is 2.98. The Hall–Kier alpha value is -3.75. The number of carbonyl (C=O) groups excluding carboxylic acids is 2. The van der Waals surface area contributed by atoms with Crippen molar-refractivity contribution in [3.8, 4) is 5.75 Å². The third kappa shape index (κ3) is 6.13. The first-order chi connectivity index (χ1) is 19.0. The van der Waals surface area contributed by atoms with E-state index >= 15 is 0 Å². The zero-order chi connectivity index (χ0) is 27.2. The minimum absolute atomic E-state index is 0.114. The van der Waals surface area contributed by atoms with E-state index in [1.807, 2.05) is 42.5 Å². The number of morpholine rings is 1. The zero-order valence-corrected chi connectivity index (χ0v) is 22.2. The smallest absolute Gasteiger partial charge is 0.255 e. The van der Waals surface area contributed by atoms with Crippen LogP contribution in [-0.2, 0) is 16.1 Å². The molecule has 2 amide bonds. The summed E-state index contributed by atoms with van der Waals surface area (Å²) in [7, 11) is 1.60. The van der Waals surface area contributed by atoms with Gasteiger partial charge in [0.25, 0.3) is 5.91 Å². The van der Waals surface area contributed by atoms with E-state index in [9.17, 15) is 14.0 Å². The Morgan fingerprint density at radius 2 is 1.77 bits per heavy atom. The summed E-state index contributed by atoms with van der Waals surface area (Å²) in [5, 5.41) is 3.17. The number of hydrogen-bond acceptors (Lipinski definition) is 4. The highest BCUT2D eigenvalue weighted by atomic mass is 19.1. The molecule has 0 saturated carbocycles. The Bertz CT molecular complexity index is 1280. The Morgan fingerprint density at radius 3 is 2.49 bits per heavy atom. The summed E-state index contributed by atoms with van der Waals surface area (Å²) >= 11 is 0. The van der Waals surface area contributed by atoms with E-state index in [1.165, 1.54) is 17.0 Å². The summed E-state index contributed by atoms with van der Waals surface area (Å²) in [6.45, 7) is 5.32. The first kappa shape index (κ1) is 26.8. The molecule has 7 nitrogen and oxygen atoms in total. The van der Waals surface area contributed by atoms with E-state index in [2.05, 4.69) is 5.32 Å². The summed E-state index contributed by atoms with van der Waals surface area (Å²) in [6.07, 6.45) is 0.862. The molecule has 1 fully saturated rings. The minimum Gasteiger partial charge on any atom is -0.497 e. The fourth-order valence-electron chi connectivity index (χ4n) is 5.58. The predicted octanol–water partition coefficient (Wildman–Crippen LogP) is 2.74. The number of ether oxygens (including phenoxy) is 2. The van der Waals surface area contributed by atoms with Gasteiger partial charge in [-0.15, -0.1) is 0 Å². The molecule has 2 aliphatic heterocycles. The van der Waals surface area contributed by atoms with Crippen molar-refractivity contribution in [2.45, 2.75) is 24.9 Å². The summed E-state index contributed by atoms with van der Waals surface area (Å²) in [4.78, 5) is 31.0. The molecule has 2 atom stereocenters. The summed E-state index contributed by atoms with van der Waals surface area (Å²) in [5.41, 5.74) is 2.85. The van der Waals surface area contributed by atoms with Gasteiger partial charge in [-0.05, 0) is 47.0 Å². The number of quaternary nitrogens is 1. The lowest BCUT2D eigenvalue weighted by molar-refractivity contribution is -0.908. The van der Waals surface area contributed by atoms with Crippen LogP contribution in [0.4, 0.5) is 4.39 Å². The number of nitrogens with zero attached hydrogens (tertiary/aromatic N) is 1. The molecule has 3 aromatic rings. The maximum Gasteiger partial charge on any atom is 0.255 e. The normalized spacial score (nSPS) is 19.4. The third-order valence-electron chi connectivity index (χ3n) is 7.65. The van der Waals surface area contributed by atoms with E-state index in [1.54, 1.807) is 30.2 Å². The zero-order valence-electron chi connectivity index (χ0n) is 22.2. The fourth-order valence-corrected chi connectivity index (χ4v) is 5.58. The Kier molecular flexibility index (Phi) is 8.54. The van der Waals surface area contributed by atoms with Gasteiger partial charge in [-0.1, -0.05) is 42.5 Å². The van der Waals surface area contributed by atoms with Gasteiger partial charge in [0.1, 0.15) is 24.7 Å². The Balaban J connectivity index is 1.45. The van der Waals surface area contributed by atoms with Crippen LogP contribution in [0.3, 0.4) is 0 Å². The van der Waals surface area contributed by atoms with Gasteiger partial charge in [0.2, 0.25) is 5.91 Å². The van der Waals surface area contributed by atoms with Gasteiger partial charge in [0.05, 0.1) is 38.8 Å². The van der Waals surface area contributed by atoms with Crippen LogP contribution < -0.4 is 15.0 Å². The van der Waals surface area contributed by atoms with Crippen LogP contribution >= 0.6 is 0 Å². The van der Waals surface area contributed by atoms with Gasteiger partial charge in [0.15, 0.2) is 0 Å². The maximum absolute atomic E-state index is 13.9. The number of halogens is 1. The molecule has 0 spiro atoms. The molecule has 0 radical (unpaired) electrons. The van der Waals surface area contributed by atoms with Gasteiger partial charge in [-0.3, -0.25) is 9.59 Å². The Morgan fingerprint density at radius 1 is 1.05 bits per heavy atom. The van der Waals surface area contributed by atoms with Gasteiger partial charge in [0, 0.05) is 25.1 Å². The monoisotopic (exact) mass is 532 g/mol.